The fourth-order valence-electron chi connectivity index (χ4n) is 2.59. The van der Waals surface area contributed by atoms with Crippen LogP contribution in [-0.4, -0.2) is 26.4 Å². The van der Waals surface area contributed by atoms with Crippen LogP contribution in [0.5, 0.6) is 0 Å². The lowest BCUT2D eigenvalue weighted by atomic mass is 9.77. The molecule has 1 saturated carbocycles. The Balaban J connectivity index is 1.95. The van der Waals surface area contributed by atoms with Gasteiger partial charge in [-0.3, -0.25) is 14.8 Å². The molecule has 0 spiro atoms. The molecule has 1 aliphatic carbocycles. The van der Waals surface area contributed by atoms with Crippen LogP contribution in [0.15, 0.2) is 12.3 Å². The molecule has 0 amide bonds. The molecule has 0 aliphatic heterocycles. The number of aromatic nitrogens is 2. The van der Waals surface area contributed by atoms with Gasteiger partial charge < -0.3 is 5.11 Å². The van der Waals surface area contributed by atoms with Gasteiger partial charge in [-0.2, -0.15) is 5.10 Å². The molecule has 2 rings (SSSR count). The molecule has 1 aliphatic rings. The topological polar surface area (TPSA) is 67.2 Å². The van der Waals surface area contributed by atoms with E-state index in [1.807, 2.05) is 16.9 Å². The summed E-state index contributed by atoms with van der Waals surface area (Å²) in [5.74, 6) is -0.738. The second kappa shape index (κ2) is 5.74. The fourth-order valence-corrected chi connectivity index (χ4v) is 2.59. The molecule has 1 heterocycles. The zero-order valence-electron chi connectivity index (χ0n) is 11.7. The smallest absolute Gasteiger partial charge is 0.323 e. The summed E-state index contributed by atoms with van der Waals surface area (Å²) in [6.45, 7) is 4.84. The first-order valence-electron chi connectivity index (χ1n) is 7.13. The van der Waals surface area contributed by atoms with Crippen molar-refractivity contribution in [3.63, 3.8) is 0 Å². The van der Waals surface area contributed by atoms with Crippen LogP contribution in [0.3, 0.4) is 0 Å². The summed E-state index contributed by atoms with van der Waals surface area (Å²) in [6.07, 6.45) is 6.53. The highest BCUT2D eigenvalue weighted by atomic mass is 16.4. The van der Waals surface area contributed by atoms with E-state index in [4.69, 9.17) is 0 Å². The van der Waals surface area contributed by atoms with Crippen LogP contribution in [0.1, 0.15) is 57.7 Å². The fraction of sp³-hybridized carbons (Fsp3) is 0.714. The number of aliphatic carboxylic acids is 1. The molecule has 0 unspecified atom stereocenters. The molecule has 2 N–H and O–H groups in total. The van der Waals surface area contributed by atoms with Crippen LogP contribution >= 0.6 is 0 Å². The van der Waals surface area contributed by atoms with E-state index < -0.39 is 11.5 Å². The summed E-state index contributed by atoms with van der Waals surface area (Å²) in [5.41, 5.74) is 0.207. The normalized spacial score (nSPS) is 17.4. The zero-order chi connectivity index (χ0) is 13.9. The van der Waals surface area contributed by atoms with Crippen LogP contribution in [0, 0.1) is 0 Å². The second-order valence-corrected chi connectivity index (χ2v) is 5.35. The van der Waals surface area contributed by atoms with Crippen molar-refractivity contribution in [1.82, 2.24) is 15.1 Å². The molecule has 0 atom stereocenters. The Kier molecular flexibility index (Phi) is 4.24. The number of carbonyl (C=O) groups is 1. The average molecular weight is 265 g/mol. The van der Waals surface area contributed by atoms with Crippen molar-refractivity contribution >= 4 is 5.97 Å². The Morgan fingerprint density at radius 2 is 2.21 bits per heavy atom. The number of nitrogens with one attached hydrogen (secondary N) is 1. The molecule has 5 nitrogen and oxygen atoms in total. The number of carboxylic acid groups (broad SMARTS) is 1. The van der Waals surface area contributed by atoms with E-state index in [0.29, 0.717) is 12.6 Å². The van der Waals surface area contributed by atoms with Crippen LogP contribution in [0.4, 0.5) is 0 Å². The zero-order valence-corrected chi connectivity index (χ0v) is 11.7. The first-order valence-corrected chi connectivity index (χ1v) is 7.13. The Hall–Kier alpha value is -1.36. The van der Waals surface area contributed by atoms with Gasteiger partial charge in [0, 0.05) is 12.7 Å². The van der Waals surface area contributed by atoms with Crippen LogP contribution in [-0.2, 0) is 11.3 Å². The van der Waals surface area contributed by atoms with Gasteiger partial charge in [-0.15, -0.1) is 0 Å². The van der Waals surface area contributed by atoms with Gasteiger partial charge in [-0.25, -0.2) is 0 Å². The van der Waals surface area contributed by atoms with Gasteiger partial charge in [0.05, 0.1) is 11.7 Å². The third-order valence-corrected chi connectivity index (χ3v) is 4.20. The molecule has 0 radical (unpaired) electrons. The lowest BCUT2D eigenvalue weighted by molar-refractivity contribution is -0.148. The highest BCUT2D eigenvalue weighted by Gasteiger charge is 2.43. The van der Waals surface area contributed by atoms with Crippen molar-refractivity contribution in [3.05, 3.63) is 18.0 Å². The van der Waals surface area contributed by atoms with Crippen molar-refractivity contribution in [2.75, 3.05) is 0 Å². The minimum atomic E-state index is -0.738. The molecule has 1 aromatic heterocycles. The van der Waals surface area contributed by atoms with Gasteiger partial charge >= 0.3 is 5.97 Å². The number of rotatable bonds is 7. The summed E-state index contributed by atoms with van der Waals surface area (Å²) < 4.78 is 1.99. The molecule has 106 valence electrons. The Labute approximate surface area is 114 Å². The highest BCUT2D eigenvalue weighted by molar-refractivity contribution is 5.79. The summed E-state index contributed by atoms with van der Waals surface area (Å²) in [7, 11) is 0. The quantitative estimate of drug-likeness (QED) is 0.794. The lowest BCUT2D eigenvalue weighted by Gasteiger charge is -2.38. The Bertz CT molecular complexity index is 434. The van der Waals surface area contributed by atoms with Crippen LogP contribution in [0.2, 0.25) is 0 Å². The van der Waals surface area contributed by atoms with Gasteiger partial charge in [-0.1, -0.05) is 13.8 Å². The minimum Gasteiger partial charge on any atom is -0.480 e. The molecular weight excluding hydrogens is 242 g/mol. The number of hydrogen-bond donors (Lipinski definition) is 2. The Morgan fingerprint density at radius 1 is 1.53 bits per heavy atom. The van der Waals surface area contributed by atoms with Crippen molar-refractivity contribution in [1.29, 1.82) is 0 Å². The molecular formula is C14H23N3O2. The maximum absolute atomic E-state index is 11.2. The van der Waals surface area contributed by atoms with E-state index in [9.17, 15) is 9.90 Å². The number of hydrogen-bond acceptors (Lipinski definition) is 3. The summed E-state index contributed by atoms with van der Waals surface area (Å²) in [5, 5.41) is 16.9. The van der Waals surface area contributed by atoms with Crippen LogP contribution in [0.25, 0.3) is 0 Å². The van der Waals surface area contributed by atoms with E-state index >= 15 is 0 Å². The number of nitrogens with zero attached hydrogens (tertiary/aromatic N) is 2. The molecule has 0 saturated heterocycles. The monoisotopic (exact) mass is 265 g/mol. The van der Waals surface area contributed by atoms with Gasteiger partial charge in [-0.05, 0) is 38.2 Å². The third-order valence-electron chi connectivity index (χ3n) is 4.20. The highest BCUT2D eigenvalue weighted by Crippen LogP contribution is 2.32. The van der Waals surface area contributed by atoms with E-state index in [2.05, 4.69) is 24.3 Å². The summed E-state index contributed by atoms with van der Waals surface area (Å²) in [6, 6.07) is 2.41. The third kappa shape index (κ3) is 2.81. The van der Waals surface area contributed by atoms with Crippen molar-refractivity contribution in [2.24, 2.45) is 0 Å². The average Bonchev–Trinajstić information content (AvgIpc) is 2.78. The summed E-state index contributed by atoms with van der Waals surface area (Å²) >= 11 is 0. The molecule has 0 bridgehead atoms. The minimum absolute atomic E-state index is 0.436. The maximum Gasteiger partial charge on any atom is 0.323 e. The second-order valence-electron chi connectivity index (χ2n) is 5.35. The van der Waals surface area contributed by atoms with Crippen LogP contribution < -0.4 is 5.32 Å². The SMILES string of the molecule is CCC(CC)n1ccc(CNC2(C(=O)O)CCC2)n1. The van der Waals surface area contributed by atoms with Gasteiger partial charge in [0.2, 0.25) is 0 Å². The van der Waals surface area contributed by atoms with Crippen molar-refractivity contribution < 1.29 is 9.90 Å². The molecule has 1 aromatic rings. The van der Waals surface area contributed by atoms with E-state index in [-0.39, 0.29) is 0 Å². The lowest BCUT2D eigenvalue weighted by Crippen LogP contribution is -2.56. The first kappa shape index (κ1) is 14.1. The van der Waals surface area contributed by atoms with Crippen molar-refractivity contribution in [2.45, 2.75) is 64.1 Å². The predicted octanol–water partition coefficient (Wildman–Crippen LogP) is 2.34. The molecule has 5 heteroatoms. The largest absolute Gasteiger partial charge is 0.480 e. The van der Waals surface area contributed by atoms with E-state index in [1.165, 1.54) is 0 Å². The van der Waals surface area contributed by atoms with E-state index in [0.717, 1.165) is 37.8 Å². The maximum atomic E-state index is 11.2. The predicted molar refractivity (Wildman–Crippen MR) is 72.9 cm³/mol. The molecule has 19 heavy (non-hydrogen) atoms. The van der Waals surface area contributed by atoms with Gasteiger partial charge in [0.1, 0.15) is 5.54 Å². The van der Waals surface area contributed by atoms with Crippen molar-refractivity contribution in [3.8, 4) is 0 Å². The molecule has 0 aromatic carbocycles. The van der Waals surface area contributed by atoms with Gasteiger partial charge in [0.25, 0.3) is 0 Å². The van der Waals surface area contributed by atoms with Gasteiger partial charge in [0.15, 0.2) is 0 Å². The molecule has 1 fully saturated rings. The van der Waals surface area contributed by atoms with E-state index in [1.54, 1.807) is 0 Å². The summed E-state index contributed by atoms with van der Waals surface area (Å²) in [4.78, 5) is 11.2. The standard InChI is InChI=1S/C14H23N3O2/c1-3-12(4-2)17-9-6-11(16-17)10-15-14(13(18)19)7-5-8-14/h6,9,12,15H,3-5,7-8,10H2,1-2H3,(H,18,19). The first-order chi connectivity index (χ1) is 9.11. The number of carboxylic acids is 1. The Morgan fingerprint density at radius 3 is 2.68 bits per heavy atom.